The lowest BCUT2D eigenvalue weighted by Crippen LogP contribution is -2.70. The minimum Gasteiger partial charge on any atom is -0.394 e. The Hall–Kier alpha value is -2.62. The van der Waals surface area contributed by atoms with E-state index in [0.717, 1.165) is 13.8 Å². The Morgan fingerprint density at radius 2 is 0.568 bits per heavy atom. The Morgan fingerprint density at radius 3 is 0.989 bits per heavy atom. The van der Waals surface area contributed by atoms with E-state index in [1.807, 2.05) is 0 Å². The summed E-state index contributed by atoms with van der Waals surface area (Å²) in [5, 5.41) is 266. The zero-order chi connectivity index (χ0) is 69.9. The van der Waals surface area contributed by atoms with E-state index in [9.17, 15) is 132 Å². The number of aliphatic hydroxyl groups is 24. The van der Waals surface area contributed by atoms with E-state index < -0.39 is 310 Å². The van der Waals surface area contributed by atoms with Crippen molar-refractivity contribution in [3.8, 4) is 0 Å². The Morgan fingerprint density at radius 1 is 0.274 bits per heavy atom. The fraction of sp³-hybridized carbons (Fsp3) is 0.962. The van der Waals surface area contributed by atoms with Crippen LogP contribution in [0.4, 0.5) is 0 Å². The van der Waals surface area contributed by atoms with E-state index in [-0.39, 0.29) is 0 Å². The standard InChI is InChI=1S/C52H88N2O41/c1-11(61)53-21-29(69)40(17(7-59)83-45(21)80)91-46-22(54-12(2)62)30(70)41(18(8-60)88-46)92-50-38(78)43(28(68)20(89-50)10-82-52-44(34(74)26(66)16(6-58)87-52)95-49-37(77)33(73)25(65)15(5-57)86-49)94-51-39(79)42(93-48-36(76)32(72)24(64)14(4-56)85-48)27(67)19(90-51)9-81-47-35(75)31(71)23(63)13(3-55)84-47/h13-52,55-60,63-80H,3-10H2,1-2H3,(H,53,61)(H,54,62)/t13-,14-,15-,16-,17-,18-,19-,20-,21-,22-,23-,24-,25-,26-,27-,28-,29-,30-,31+,32+,33+,34+,35+,36+,37+,38+,39+,40-,41-,42+,43+,44+,45?,46+,47+,48-,49-,50+,51-,52+/m1/s1. The molecule has 1 unspecified atom stereocenters. The predicted octanol–water partition coefficient (Wildman–Crippen LogP) is -18.2. The van der Waals surface area contributed by atoms with Crippen molar-refractivity contribution in [2.45, 2.75) is 259 Å². The summed E-state index contributed by atoms with van der Waals surface area (Å²) in [5.74, 6) is -1.68. The van der Waals surface area contributed by atoms with Gasteiger partial charge >= 0.3 is 0 Å². The minimum atomic E-state index is -2.52. The zero-order valence-corrected chi connectivity index (χ0v) is 50.4. The molecule has 0 saturated carbocycles. The van der Waals surface area contributed by atoms with Crippen molar-refractivity contribution >= 4 is 11.8 Å². The summed E-state index contributed by atoms with van der Waals surface area (Å²) in [5.41, 5.74) is 0. The van der Waals surface area contributed by atoms with Crippen molar-refractivity contribution < 1.29 is 203 Å². The molecule has 95 heavy (non-hydrogen) atoms. The van der Waals surface area contributed by atoms with Crippen molar-refractivity contribution in [3.63, 3.8) is 0 Å². The number of hydrogen-bond acceptors (Lipinski definition) is 41. The smallest absolute Gasteiger partial charge is 0.217 e. The first-order chi connectivity index (χ1) is 44.9. The van der Waals surface area contributed by atoms with Crippen LogP contribution >= 0.6 is 0 Å². The summed E-state index contributed by atoms with van der Waals surface area (Å²) in [7, 11) is 0. The summed E-state index contributed by atoms with van der Waals surface area (Å²) < 4.78 is 86.6. The van der Waals surface area contributed by atoms with Crippen LogP contribution in [-0.4, -0.2) is 433 Å². The van der Waals surface area contributed by atoms with E-state index in [2.05, 4.69) is 10.6 Å². The Bertz CT molecular complexity index is 2380. The average Bonchev–Trinajstić information content (AvgIpc) is 0.778. The van der Waals surface area contributed by atoms with Crippen LogP contribution < -0.4 is 10.6 Å². The molecule has 0 bridgehead atoms. The van der Waals surface area contributed by atoms with Crippen LogP contribution in [0.1, 0.15) is 13.8 Å². The normalized spacial score (nSPS) is 50.8. The lowest BCUT2D eigenvalue weighted by atomic mass is 9.94. The maximum Gasteiger partial charge on any atom is 0.217 e. The van der Waals surface area contributed by atoms with Crippen LogP contribution in [0.25, 0.3) is 0 Å². The maximum atomic E-state index is 12.8. The zero-order valence-electron chi connectivity index (χ0n) is 50.4. The van der Waals surface area contributed by atoms with E-state index >= 15 is 0 Å². The van der Waals surface area contributed by atoms with Gasteiger partial charge in [0.05, 0.1) is 52.9 Å². The third-order valence-electron chi connectivity index (χ3n) is 17.4. The molecule has 0 aromatic rings. The number of rotatable bonds is 24. The second-order valence-corrected chi connectivity index (χ2v) is 23.9. The number of hydrogen-bond donors (Lipinski definition) is 26. The Labute approximate surface area is 536 Å². The molecule has 8 aliphatic heterocycles. The lowest BCUT2D eigenvalue weighted by molar-refractivity contribution is -0.397. The number of amides is 2. The second kappa shape index (κ2) is 33.9. The van der Waals surface area contributed by atoms with Crippen LogP contribution in [0, 0.1) is 0 Å². The van der Waals surface area contributed by atoms with Crippen molar-refractivity contribution in [1.29, 1.82) is 0 Å². The van der Waals surface area contributed by atoms with Crippen molar-refractivity contribution in [3.05, 3.63) is 0 Å². The van der Waals surface area contributed by atoms with Crippen LogP contribution in [0.2, 0.25) is 0 Å². The van der Waals surface area contributed by atoms with Gasteiger partial charge in [0.15, 0.2) is 50.3 Å². The largest absolute Gasteiger partial charge is 0.394 e. The van der Waals surface area contributed by atoms with Crippen molar-refractivity contribution in [1.82, 2.24) is 10.6 Å². The summed E-state index contributed by atoms with van der Waals surface area (Å²) in [4.78, 5) is 24.9. The Balaban J connectivity index is 1.13. The minimum absolute atomic E-state index is 0.767. The molecular formula is C52H88N2O41. The topological polar surface area (TPSA) is 682 Å². The van der Waals surface area contributed by atoms with E-state index in [0.29, 0.717) is 0 Å². The molecule has 40 atom stereocenters. The van der Waals surface area contributed by atoms with Crippen LogP contribution in [0.3, 0.4) is 0 Å². The molecule has 0 spiro atoms. The van der Waals surface area contributed by atoms with Gasteiger partial charge in [-0.25, -0.2) is 0 Å². The highest BCUT2D eigenvalue weighted by Crippen LogP contribution is 2.38. The molecule has 8 saturated heterocycles. The number of ether oxygens (including phenoxy) is 15. The highest BCUT2D eigenvalue weighted by Gasteiger charge is 2.59. The fourth-order valence-electron chi connectivity index (χ4n) is 12.1. The molecule has 2 amide bonds. The molecule has 8 fully saturated rings. The van der Waals surface area contributed by atoms with Gasteiger partial charge < -0.3 is 204 Å². The predicted molar refractivity (Wildman–Crippen MR) is 288 cm³/mol. The first-order valence-corrected chi connectivity index (χ1v) is 30.1. The summed E-state index contributed by atoms with van der Waals surface area (Å²) in [6.45, 7) is -6.25. The van der Waals surface area contributed by atoms with Gasteiger partial charge in [-0.3, -0.25) is 9.59 Å². The summed E-state index contributed by atoms with van der Waals surface area (Å²) >= 11 is 0. The average molecular weight is 1400 g/mol. The van der Waals surface area contributed by atoms with Gasteiger partial charge in [0.25, 0.3) is 0 Å². The number of nitrogens with one attached hydrogen (secondary N) is 2. The molecule has 26 N–H and O–H groups in total. The van der Waals surface area contributed by atoms with Crippen molar-refractivity contribution in [2.24, 2.45) is 0 Å². The van der Waals surface area contributed by atoms with Gasteiger partial charge in [-0.2, -0.15) is 0 Å². The molecule has 0 aromatic heterocycles. The van der Waals surface area contributed by atoms with Crippen LogP contribution in [0.15, 0.2) is 0 Å². The quantitative estimate of drug-likeness (QED) is 0.0427. The third kappa shape index (κ3) is 17.0. The maximum absolute atomic E-state index is 12.8. The van der Waals surface area contributed by atoms with E-state index in [1.54, 1.807) is 0 Å². The molecule has 43 heteroatoms. The summed E-state index contributed by atoms with van der Waals surface area (Å²) in [6.07, 6.45) is -78.1. The molecule has 8 rings (SSSR count). The van der Waals surface area contributed by atoms with E-state index in [4.69, 9.17) is 71.1 Å². The lowest BCUT2D eigenvalue weighted by Gasteiger charge is -2.50. The Kier molecular flexibility index (Phi) is 27.9. The second-order valence-electron chi connectivity index (χ2n) is 23.9. The van der Waals surface area contributed by atoms with Crippen LogP contribution in [0.5, 0.6) is 0 Å². The number of carbonyl (C=O) groups excluding carboxylic acids is 2. The van der Waals surface area contributed by atoms with Gasteiger partial charge in [0.2, 0.25) is 11.8 Å². The molecule has 43 nitrogen and oxygen atoms in total. The van der Waals surface area contributed by atoms with Gasteiger partial charge in [-0.15, -0.1) is 0 Å². The number of aliphatic hydroxyl groups excluding tert-OH is 24. The molecule has 552 valence electrons. The monoisotopic (exact) mass is 1400 g/mol. The molecule has 0 radical (unpaired) electrons. The molecule has 8 heterocycles. The molecule has 0 aromatic carbocycles. The molecular weight excluding hydrogens is 1310 g/mol. The fourth-order valence-corrected chi connectivity index (χ4v) is 12.1. The van der Waals surface area contributed by atoms with Gasteiger partial charge in [-0.05, 0) is 0 Å². The first-order valence-electron chi connectivity index (χ1n) is 30.1. The summed E-state index contributed by atoms with van der Waals surface area (Å²) in [6, 6.07) is -3.49. The first kappa shape index (κ1) is 78.1. The third-order valence-corrected chi connectivity index (χ3v) is 17.4. The molecule has 8 aliphatic rings. The van der Waals surface area contributed by atoms with E-state index in [1.165, 1.54) is 0 Å². The van der Waals surface area contributed by atoms with Gasteiger partial charge in [0, 0.05) is 13.8 Å². The van der Waals surface area contributed by atoms with Crippen LogP contribution in [-0.2, 0) is 80.6 Å². The van der Waals surface area contributed by atoms with Crippen molar-refractivity contribution in [2.75, 3.05) is 52.9 Å². The highest BCUT2D eigenvalue weighted by atomic mass is 16.8. The van der Waals surface area contributed by atoms with Gasteiger partial charge in [0.1, 0.15) is 195 Å². The SMILES string of the molecule is CC(=O)N[C@H]1[C@H](O[C@H]2[C@H](O)[C@@H](NC(C)=O)C(O)O[C@@H]2CO)O[C@H](CO)[C@@H](O[C@@H]2O[C@H](CO[C@H]3O[C@H](CO)[C@@H](O)[C@H](O)[C@@H]3O[C@H]3O[C@H](CO)[C@@H](O)[C@H](O)[C@@H]3O)[C@@H](O)[C@H](O[C@H]3O[C@H](CO[C@H]4O[C@H](CO)[C@@H](O)[C@H](O)[C@@H]4O)[C@@H](O)[C@H](O[C@H]4O[C@H](CO)[C@@H](O)[C@H](O)[C@@H]4O)[C@@H]3O)[C@@H]2O)[C@@H]1O. The number of carbonyl (C=O) groups is 2. The highest BCUT2D eigenvalue weighted by molar-refractivity contribution is 5.73. The van der Waals surface area contributed by atoms with Gasteiger partial charge in [-0.1, -0.05) is 0 Å². The molecule has 0 aliphatic carbocycles.